The SMILES string of the molecule is COc1ccc(-c2nc3ccccc3c(=O)n2CCOc2cccc(C)c2)cc1. The van der Waals surface area contributed by atoms with Crippen molar-refractivity contribution in [1.82, 2.24) is 9.55 Å². The molecule has 0 N–H and O–H groups in total. The number of para-hydroxylation sites is 1. The van der Waals surface area contributed by atoms with Gasteiger partial charge in [0.25, 0.3) is 5.56 Å². The Labute approximate surface area is 169 Å². The number of benzene rings is 3. The Morgan fingerprint density at radius 1 is 0.931 bits per heavy atom. The number of aromatic nitrogens is 2. The smallest absolute Gasteiger partial charge is 0.261 e. The van der Waals surface area contributed by atoms with Crippen molar-refractivity contribution in [2.24, 2.45) is 0 Å². The Kier molecular flexibility index (Phi) is 5.29. The summed E-state index contributed by atoms with van der Waals surface area (Å²) in [6.07, 6.45) is 0. The Balaban J connectivity index is 1.71. The number of hydrogen-bond donors (Lipinski definition) is 0. The minimum atomic E-state index is -0.0748. The van der Waals surface area contributed by atoms with Gasteiger partial charge in [-0.15, -0.1) is 0 Å². The topological polar surface area (TPSA) is 53.3 Å². The van der Waals surface area contributed by atoms with E-state index < -0.39 is 0 Å². The molecule has 0 saturated heterocycles. The molecule has 29 heavy (non-hydrogen) atoms. The van der Waals surface area contributed by atoms with Gasteiger partial charge in [0.2, 0.25) is 0 Å². The van der Waals surface area contributed by atoms with E-state index in [1.54, 1.807) is 17.7 Å². The monoisotopic (exact) mass is 386 g/mol. The zero-order chi connectivity index (χ0) is 20.2. The molecule has 0 unspecified atom stereocenters. The molecule has 5 nitrogen and oxygen atoms in total. The lowest BCUT2D eigenvalue weighted by Crippen LogP contribution is -2.26. The average molecular weight is 386 g/mol. The summed E-state index contributed by atoms with van der Waals surface area (Å²) in [6, 6.07) is 22.8. The second-order valence-corrected chi connectivity index (χ2v) is 6.80. The largest absolute Gasteiger partial charge is 0.497 e. The van der Waals surface area contributed by atoms with Crippen molar-refractivity contribution < 1.29 is 9.47 Å². The van der Waals surface area contributed by atoms with E-state index in [0.29, 0.717) is 29.9 Å². The fourth-order valence-electron chi connectivity index (χ4n) is 3.30. The van der Waals surface area contributed by atoms with Gasteiger partial charge in [-0.2, -0.15) is 0 Å². The van der Waals surface area contributed by atoms with Crippen LogP contribution in [-0.2, 0) is 6.54 Å². The molecule has 0 spiro atoms. The summed E-state index contributed by atoms with van der Waals surface area (Å²) in [5, 5.41) is 0.598. The van der Waals surface area contributed by atoms with E-state index in [2.05, 4.69) is 0 Å². The van der Waals surface area contributed by atoms with Gasteiger partial charge in [-0.25, -0.2) is 4.98 Å². The Morgan fingerprint density at radius 2 is 1.72 bits per heavy atom. The maximum Gasteiger partial charge on any atom is 0.261 e. The van der Waals surface area contributed by atoms with Crippen molar-refractivity contribution in [1.29, 1.82) is 0 Å². The zero-order valence-corrected chi connectivity index (χ0v) is 16.5. The van der Waals surface area contributed by atoms with E-state index in [4.69, 9.17) is 14.5 Å². The molecule has 5 heteroatoms. The van der Waals surface area contributed by atoms with Gasteiger partial charge in [-0.1, -0.05) is 24.3 Å². The molecular weight excluding hydrogens is 364 g/mol. The molecular formula is C24H22N2O3. The average Bonchev–Trinajstić information content (AvgIpc) is 2.75. The minimum Gasteiger partial charge on any atom is -0.497 e. The maximum absolute atomic E-state index is 13.2. The van der Waals surface area contributed by atoms with Crippen LogP contribution >= 0.6 is 0 Å². The van der Waals surface area contributed by atoms with Crippen LogP contribution in [-0.4, -0.2) is 23.3 Å². The Bertz CT molecular complexity index is 1200. The van der Waals surface area contributed by atoms with Gasteiger partial charge < -0.3 is 9.47 Å². The van der Waals surface area contributed by atoms with Crippen molar-refractivity contribution in [2.45, 2.75) is 13.5 Å². The van der Waals surface area contributed by atoms with Gasteiger partial charge >= 0.3 is 0 Å². The number of fused-ring (bicyclic) bond motifs is 1. The van der Waals surface area contributed by atoms with E-state index in [0.717, 1.165) is 22.6 Å². The molecule has 3 aromatic carbocycles. The summed E-state index contributed by atoms with van der Waals surface area (Å²) >= 11 is 0. The van der Waals surface area contributed by atoms with Gasteiger partial charge in [0, 0.05) is 5.56 Å². The lowest BCUT2D eigenvalue weighted by atomic mass is 10.1. The molecule has 4 rings (SSSR count). The minimum absolute atomic E-state index is 0.0748. The summed E-state index contributed by atoms with van der Waals surface area (Å²) in [6.45, 7) is 2.78. The molecule has 0 fully saturated rings. The normalized spacial score (nSPS) is 10.8. The zero-order valence-electron chi connectivity index (χ0n) is 16.5. The second kappa shape index (κ2) is 8.19. The standard InChI is InChI=1S/C24H22N2O3/c1-17-6-5-7-20(16-17)29-15-14-26-23(18-10-12-19(28-2)13-11-18)25-22-9-4-3-8-21(22)24(26)27/h3-13,16H,14-15H2,1-2H3. The lowest BCUT2D eigenvalue weighted by molar-refractivity contribution is 0.297. The predicted molar refractivity (Wildman–Crippen MR) is 115 cm³/mol. The number of ether oxygens (including phenoxy) is 2. The first-order valence-corrected chi connectivity index (χ1v) is 9.49. The predicted octanol–water partition coefficient (Wildman–Crippen LogP) is 4.46. The van der Waals surface area contributed by atoms with Crippen LogP contribution in [0.3, 0.4) is 0 Å². The van der Waals surface area contributed by atoms with Crippen LogP contribution in [0.1, 0.15) is 5.56 Å². The van der Waals surface area contributed by atoms with Gasteiger partial charge in [0.1, 0.15) is 23.9 Å². The highest BCUT2D eigenvalue weighted by Crippen LogP contribution is 2.22. The van der Waals surface area contributed by atoms with E-state index in [9.17, 15) is 4.79 Å². The highest BCUT2D eigenvalue weighted by atomic mass is 16.5. The summed E-state index contributed by atoms with van der Waals surface area (Å²) in [7, 11) is 1.63. The molecule has 1 heterocycles. The molecule has 0 atom stereocenters. The molecule has 4 aromatic rings. The molecule has 146 valence electrons. The number of aryl methyl sites for hydroxylation is 1. The third kappa shape index (κ3) is 3.99. The van der Waals surface area contributed by atoms with Crippen LogP contribution in [0.2, 0.25) is 0 Å². The van der Waals surface area contributed by atoms with Crippen LogP contribution in [0, 0.1) is 6.92 Å². The van der Waals surface area contributed by atoms with Crippen molar-refractivity contribution in [2.75, 3.05) is 13.7 Å². The molecule has 0 bridgehead atoms. The Morgan fingerprint density at radius 3 is 2.48 bits per heavy atom. The molecule has 1 aromatic heterocycles. The van der Waals surface area contributed by atoms with E-state index >= 15 is 0 Å². The van der Waals surface area contributed by atoms with Crippen LogP contribution in [0.5, 0.6) is 11.5 Å². The first-order valence-electron chi connectivity index (χ1n) is 9.49. The van der Waals surface area contributed by atoms with Gasteiger partial charge in [0.15, 0.2) is 0 Å². The van der Waals surface area contributed by atoms with E-state index in [-0.39, 0.29) is 5.56 Å². The molecule has 0 aliphatic heterocycles. The molecule has 0 aliphatic carbocycles. The van der Waals surface area contributed by atoms with Gasteiger partial charge in [-0.3, -0.25) is 9.36 Å². The van der Waals surface area contributed by atoms with Gasteiger partial charge in [-0.05, 0) is 61.0 Å². The maximum atomic E-state index is 13.2. The Hall–Kier alpha value is -3.60. The molecule has 0 aliphatic rings. The van der Waals surface area contributed by atoms with Crippen molar-refractivity contribution in [3.05, 3.63) is 88.7 Å². The third-order valence-corrected chi connectivity index (χ3v) is 4.78. The number of rotatable bonds is 6. The number of hydrogen-bond acceptors (Lipinski definition) is 4. The molecule has 0 amide bonds. The summed E-state index contributed by atoms with van der Waals surface area (Å²) in [5.74, 6) is 2.16. The highest BCUT2D eigenvalue weighted by Gasteiger charge is 2.13. The van der Waals surface area contributed by atoms with Crippen LogP contribution in [0.25, 0.3) is 22.3 Å². The summed E-state index contributed by atoms with van der Waals surface area (Å²) < 4.78 is 12.8. The van der Waals surface area contributed by atoms with Crippen molar-refractivity contribution >= 4 is 10.9 Å². The second-order valence-electron chi connectivity index (χ2n) is 6.80. The fourth-order valence-corrected chi connectivity index (χ4v) is 3.30. The van der Waals surface area contributed by atoms with Crippen LogP contribution in [0.15, 0.2) is 77.6 Å². The van der Waals surface area contributed by atoms with Gasteiger partial charge in [0.05, 0.1) is 24.6 Å². The van der Waals surface area contributed by atoms with E-state index in [1.807, 2.05) is 73.7 Å². The molecule has 0 radical (unpaired) electrons. The third-order valence-electron chi connectivity index (χ3n) is 4.78. The fraction of sp³-hybridized carbons (Fsp3) is 0.167. The first kappa shape index (κ1) is 18.7. The van der Waals surface area contributed by atoms with Crippen molar-refractivity contribution in [3.8, 4) is 22.9 Å². The van der Waals surface area contributed by atoms with Crippen LogP contribution in [0.4, 0.5) is 0 Å². The molecule has 0 saturated carbocycles. The summed E-state index contributed by atoms with van der Waals surface area (Å²) in [4.78, 5) is 18.0. The summed E-state index contributed by atoms with van der Waals surface area (Å²) in [5.41, 5.74) is 2.59. The quantitative estimate of drug-likeness (QED) is 0.491. The van der Waals surface area contributed by atoms with Crippen LogP contribution < -0.4 is 15.0 Å². The first-order chi connectivity index (χ1) is 14.2. The lowest BCUT2D eigenvalue weighted by Gasteiger charge is -2.15. The number of nitrogens with zero attached hydrogens (tertiary/aromatic N) is 2. The highest BCUT2D eigenvalue weighted by molar-refractivity contribution is 5.79. The number of methoxy groups -OCH3 is 1. The van der Waals surface area contributed by atoms with E-state index in [1.165, 1.54) is 0 Å². The van der Waals surface area contributed by atoms with Crippen molar-refractivity contribution in [3.63, 3.8) is 0 Å².